The number of rotatable bonds is 4. The quantitative estimate of drug-likeness (QED) is 0.886. The van der Waals surface area contributed by atoms with Crippen LogP contribution in [0.5, 0.6) is 5.75 Å². The summed E-state index contributed by atoms with van der Waals surface area (Å²) in [7, 11) is 1.72. The second-order valence-electron chi connectivity index (χ2n) is 6.39. The summed E-state index contributed by atoms with van der Waals surface area (Å²) in [6, 6.07) is 6.61. The molecule has 0 saturated carbocycles. The van der Waals surface area contributed by atoms with Crippen LogP contribution in [0.25, 0.3) is 0 Å². The fourth-order valence-electron chi connectivity index (χ4n) is 1.89. The Morgan fingerprint density at radius 1 is 1.22 bits per heavy atom. The first-order valence-corrected chi connectivity index (χ1v) is 6.68. The molecule has 0 bridgehead atoms. The van der Waals surface area contributed by atoms with Gasteiger partial charge >= 0.3 is 0 Å². The molecule has 1 atom stereocenters. The normalized spacial score (nSPS) is 13.8. The van der Waals surface area contributed by atoms with Crippen molar-refractivity contribution in [1.82, 2.24) is 0 Å². The van der Waals surface area contributed by atoms with Gasteiger partial charge in [0, 0.05) is 6.04 Å². The molecule has 0 aliphatic rings. The molecule has 0 aliphatic heterocycles. The van der Waals surface area contributed by atoms with Gasteiger partial charge in [0.15, 0.2) is 0 Å². The Morgan fingerprint density at radius 2 is 1.83 bits per heavy atom. The van der Waals surface area contributed by atoms with Crippen molar-refractivity contribution in [2.75, 3.05) is 7.11 Å². The van der Waals surface area contributed by atoms with Gasteiger partial charge in [-0.05, 0) is 34.9 Å². The van der Waals surface area contributed by atoms with Crippen molar-refractivity contribution in [3.63, 3.8) is 0 Å². The zero-order valence-electron chi connectivity index (χ0n) is 12.6. The molecule has 0 saturated heterocycles. The highest BCUT2D eigenvalue weighted by Crippen LogP contribution is 2.29. The fraction of sp³-hybridized carbons (Fsp3) is 0.625. The van der Waals surface area contributed by atoms with E-state index >= 15 is 0 Å². The summed E-state index contributed by atoms with van der Waals surface area (Å²) in [5.41, 5.74) is 8.87. The highest BCUT2D eigenvalue weighted by atomic mass is 16.5. The number of nitrogens with two attached hydrogens (primary N) is 1. The zero-order chi connectivity index (χ0) is 13.9. The van der Waals surface area contributed by atoms with E-state index in [0.717, 1.165) is 12.2 Å². The first-order chi connectivity index (χ1) is 8.25. The van der Waals surface area contributed by atoms with Crippen molar-refractivity contribution in [3.05, 3.63) is 29.3 Å². The van der Waals surface area contributed by atoms with Gasteiger partial charge in [0.1, 0.15) is 5.75 Å². The number of ether oxygens (including phenoxy) is 1. The molecule has 2 nitrogen and oxygen atoms in total. The van der Waals surface area contributed by atoms with Crippen molar-refractivity contribution in [2.24, 2.45) is 11.7 Å². The Balaban J connectivity index is 3.07. The lowest BCUT2D eigenvalue weighted by molar-refractivity contribution is 0.402. The standard InChI is InChI=1S/C16H27NO/c1-11(2)14(17)10-12-9-13(16(3,4)5)7-8-15(12)18-6/h7-9,11,14H,10,17H2,1-6H3. The van der Waals surface area contributed by atoms with Crippen LogP contribution in [0.15, 0.2) is 18.2 Å². The maximum atomic E-state index is 6.18. The summed E-state index contributed by atoms with van der Waals surface area (Å²) < 4.78 is 5.44. The first-order valence-electron chi connectivity index (χ1n) is 6.68. The summed E-state index contributed by atoms with van der Waals surface area (Å²) in [6.45, 7) is 11.0. The van der Waals surface area contributed by atoms with E-state index < -0.39 is 0 Å². The Kier molecular flexibility index (Phi) is 4.80. The van der Waals surface area contributed by atoms with Crippen LogP contribution in [-0.4, -0.2) is 13.2 Å². The predicted molar refractivity (Wildman–Crippen MR) is 78.2 cm³/mol. The lowest BCUT2D eigenvalue weighted by Crippen LogP contribution is -2.29. The Morgan fingerprint density at radius 3 is 2.28 bits per heavy atom. The van der Waals surface area contributed by atoms with Gasteiger partial charge in [-0.2, -0.15) is 0 Å². The van der Waals surface area contributed by atoms with Gasteiger partial charge in [-0.3, -0.25) is 0 Å². The predicted octanol–water partition coefficient (Wildman–Crippen LogP) is 3.52. The molecule has 1 unspecified atom stereocenters. The van der Waals surface area contributed by atoms with Crippen LogP contribution < -0.4 is 10.5 Å². The van der Waals surface area contributed by atoms with E-state index in [4.69, 9.17) is 10.5 Å². The molecule has 18 heavy (non-hydrogen) atoms. The number of benzene rings is 1. The highest BCUT2D eigenvalue weighted by molar-refractivity contribution is 5.40. The van der Waals surface area contributed by atoms with E-state index in [2.05, 4.69) is 52.8 Å². The zero-order valence-corrected chi connectivity index (χ0v) is 12.6. The second kappa shape index (κ2) is 5.75. The van der Waals surface area contributed by atoms with Crippen molar-refractivity contribution < 1.29 is 4.74 Å². The van der Waals surface area contributed by atoms with Crippen LogP contribution in [0.4, 0.5) is 0 Å². The number of hydrogen-bond donors (Lipinski definition) is 1. The van der Waals surface area contributed by atoms with Gasteiger partial charge < -0.3 is 10.5 Å². The van der Waals surface area contributed by atoms with Gasteiger partial charge in [0.25, 0.3) is 0 Å². The molecule has 0 heterocycles. The Labute approximate surface area is 112 Å². The van der Waals surface area contributed by atoms with Gasteiger partial charge in [-0.1, -0.05) is 46.8 Å². The highest BCUT2D eigenvalue weighted by Gasteiger charge is 2.17. The van der Waals surface area contributed by atoms with Crippen molar-refractivity contribution in [3.8, 4) is 5.75 Å². The number of methoxy groups -OCH3 is 1. The van der Waals surface area contributed by atoms with E-state index in [9.17, 15) is 0 Å². The molecule has 1 rings (SSSR count). The smallest absolute Gasteiger partial charge is 0.122 e. The molecule has 1 aromatic carbocycles. The average Bonchev–Trinajstić information content (AvgIpc) is 2.27. The molecule has 1 aromatic rings. The lowest BCUT2D eigenvalue weighted by atomic mass is 9.85. The summed E-state index contributed by atoms with van der Waals surface area (Å²) in [6.07, 6.45) is 0.866. The molecule has 0 spiro atoms. The molecule has 2 heteroatoms. The van der Waals surface area contributed by atoms with Crippen LogP contribution in [0.1, 0.15) is 45.7 Å². The van der Waals surface area contributed by atoms with Crippen LogP contribution in [0, 0.1) is 5.92 Å². The summed E-state index contributed by atoms with van der Waals surface area (Å²) in [5, 5.41) is 0. The Hall–Kier alpha value is -1.02. The maximum absolute atomic E-state index is 6.18. The molecular weight excluding hydrogens is 222 g/mol. The molecule has 0 aromatic heterocycles. The maximum Gasteiger partial charge on any atom is 0.122 e. The minimum absolute atomic E-state index is 0.156. The van der Waals surface area contributed by atoms with Crippen LogP contribution >= 0.6 is 0 Å². The minimum atomic E-state index is 0.156. The van der Waals surface area contributed by atoms with E-state index in [-0.39, 0.29) is 11.5 Å². The Bertz CT molecular complexity index is 391. The third kappa shape index (κ3) is 3.74. The molecule has 0 fully saturated rings. The second-order valence-corrected chi connectivity index (χ2v) is 6.39. The molecule has 102 valence electrons. The van der Waals surface area contributed by atoms with Crippen molar-refractivity contribution in [1.29, 1.82) is 0 Å². The average molecular weight is 249 g/mol. The van der Waals surface area contributed by atoms with Crippen LogP contribution in [0.2, 0.25) is 0 Å². The summed E-state index contributed by atoms with van der Waals surface area (Å²) in [5.74, 6) is 1.42. The molecule has 0 aliphatic carbocycles. The monoisotopic (exact) mass is 249 g/mol. The molecule has 0 amide bonds. The molecular formula is C16H27NO. The van der Waals surface area contributed by atoms with E-state index in [1.807, 2.05) is 0 Å². The largest absolute Gasteiger partial charge is 0.496 e. The van der Waals surface area contributed by atoms with Gasteiger partial charge in [0.05, 0.1) is 7.11 Å². The van der Waals surface area contributed by atoms with Gasteiger partial charge in [0.2, 0.25) is 0 Å². The minimum Gasteiger partial charge on any atom is -0.496 e. The molecule has 0 radical (unpaired) electrons. The fourth-order valence-corrected chi connectivity index (χ4v) is 1.89. The van der Waals surface area contributed by atoms with Crippen molar-refractivity contribution in [2.45, 2.75) is 52.5 Å². The van der Waals surface area contributed by atoms with Gasteiger partial charge in [-0.15, -0.1) is 0 Å². The van der Waals surface area contributed by atoms with E-state index in [1.165, 1.54) is 11.1 Å². The number of hydrogen-bond acceptors (Lipinski definition) is 2. The third-order valence-corrected chi connectivity index (χ3v) is 3.46. The molecule has 2 N–H and O–H groups in total. The summed E-state index contributed by atoms with van der Waals surface area (Å²) >= 11 is 0. The first kappa shape index (κ1) is 15.0. The van der Waals surface area contributed by atoms with E-state index in [0.29, 0.717) is 5.92 Å². The van der Waals surface area contributed by atoms with Crippen molar-refractivity contribution >= 4 is 0 Å². The van der Waals surface area contributed by atoms with Crippen LogP contribution in [-0.2, 0) is 11.8 Å². The lowest BCUT2D eigenvalue weighted by Gasteiger charge is -2.23. The van der Waals surface area contributed by atoms with Gasteiger partial charge in [-0.25, -0.2) is 0 Å². The third-order valence-electron chi connectivity index (χ3n) is 3.46. The topological polar surface area (TPSA) is 35.2 Å². The van der Waals surface area contributed by atoms with E-state index in [1.54, 1.807) is 7.11 Å². The van der Waals surface area contributed by atoms with Crippen LogP contribution in [0.3, 0.4) is 0 Å². The summed E-state index contributed by atoms with van der Waals surface area (Å²) in [4.78, 5) is 0. The SMILES string of the molecule is COc1ccc(C(C)(C)C)cc1CC(N)C(C)C.